The van der Waals surface area contributed by atoms with Crippen molar-refractivity contribution in [1.29, 1.82) is 0 Å². The van der Waals surface area contributed by atoms with Gasteiger partial charge < -0.3 is 0 Å². The van der Waals surface area contributed by atoms with Crippen molar-refractivity contribution < 1.29 is 4.79 Å². The van der Waals surface area contributed by atoms with E-state index in [1.165, 1.54) is 0 Å². The van der Waals surface area contributed by atoms with Crippen LogP contribution in [-0.2, 0) is 4.79 Å². The Kier molecular flexibility index (Phi) is 4.31. The molecule has 0 fully saturated rings. The lowest BCUT2D eigenvalue weighted by molar-refractivity contribution is -0.105. The van der Waals surface area contributed by atoms with Crippen LogP contribution in [0.25, 0.3) is 6.08 Å². The molecule has 0 unspecified atom stereocenters. The average Bonchev–Trinajstić information content (AvgIpc) is 2.18. The first-order valence-electron chi connectivity index (χ1n) is 5.32. The van der Waals surface area contributed by atoms with Crippen LogP contribution >= 0.6 is 11.6 Å². The number of rotatable bonds is 3. The molecule has 0 amide bonds. The Labute approximate surface area is 102 Å². The molecule has 0 heterocycles. The van der Waals surface area contributed by atoms with E-state index in [9.17, 15) is 4.79 Å². The second-order valence-electron chi connectivity index (χ2n) is 5.13. The van der Waals surface area contributed by atoms with Gasteiger partial charge in [0.1, 0.15) is 6.29 Å². The topological polar surface area (TPSA) is 17.1 Å². The van der Waals surface area contributed by atoms with Gasteiger partial charge in [-0.1, -0.05) is 44.5 Å². The fraction of sp³-hybridized carbons (Fsp3) is 0.357. The lowest BCUT2D eigenvalue weighted by atomic mass is 9.88. The van der Waals surface area contributed by atoms with Gasteiger partial charge in [-0.25, -0.2) is 0 Å². The summed E-state index contributed by atoms with van der Waals surface area (Å²) in [7, 11) is 0. The first-order valence-corrected chi connectivity index (χ1v) is 5.70. The minimum atomic E-state index is 0.124. The van der Waals surface area contributed by atoms with Crippen molar-refractivity contribution in [3.05, 3.63) is 40.4 Å². The molecule has 16 heavy (non-hydrogen) atoms. The maximum absolute atomic E-state index is 11.0. The van der Waals surface area contributed by atoms with E-state index in [0.29, 0.717) is 5.02 Å². The van der Waals surface area contributed by atoms with E-state index < -0.39 is 0 Å². The molecule has 1 aromatic rings. The molecule has 0 aromatic heterocycles. The van der Waals surface area contributed by atoms with Gasteiger partial charge in [0, 0.05) is 5.02 Å². The fourth-order valence-corrected chi connectivity index (χ4v) is 1.64. The number of carbonyl (C=O) groups is 1. The zero-order valence-corrected chi connectivity index (χ0v) is 10.7. The molecule has 0 aliphatic carbocycles. The van der Waals surface area contributed by atoms with Crippen molar-refractivity contribution >= 4 is 24.0 Å². The summed E-state index contributed by atoms with van der Waals surface area (Å²) < 4.78 is 0. The third-order valence-corrected chi connectivity index (χ3v) is 2.36. The van der Waals surface area contributed by atoms with Crippen LogP contribution in [0.15, 0.2) is 29.8 Å². The first kappa shape index (κ1) is 13.0. The highest BCUT2D eigenvalue weighted by atomic mass is 35.5. The quantitative estimate of drug-likeness (QED) is 0.563. The Balaban J connectivity index is 2.87. The Bertz CT molecular complexity index is 382. The summed E-state index contributed by atoms with van der Waals surface area (Å²) in [6.07, 6.45) is 3.62. The Morgan fingerprint density at radius 3 is 2.25 bits per heavy atom. The zero-order chi connectivity index (χ0) is 12.2. The van der Waals surface area contributed by atoms with Crippen molar-refractivity contribution in [2.45, 2.75) is 27.2 Å². The molecule has 0 aliphatic heterocycles. The smallest absolute Gasteiger partial charge is 0.146 e. The second kappa shape index (κ2) is 5.31. The fourth-order valence-electron chi connectivity index (χ4n) is 1.51. The molecule has 1 nitrogen and oxygen atoms in total. The molecule has 0 saturated heterocycles. The maximum Gasteiger partial charge on any atom is 0.146 e. The summed E-state index contributed by atoms with van der Waals surface area (Å²) in [4.78, 5) is 11.0. The van der Waals surface area contributed by atoms with Crippen molar-refractivity contribution in [2.24, 2.45) is 5.41 Å². The summed E-state index contributed by atoms with van der Waals surface area (Å²) in [6.45, 7) is 6.35. The molecular formula is C14H17ClO. The van der Waals surface area contributed by atoms with Gasteiger partial charge >= 0.3 is 0 Å². The number of hydrogen-bond donors (Lipinski definition) is 0. The number of halogens is 1. The van der Waals surface area contributed by atoms with Crippen molar-refractivity contribution in [2.75, 3.05) is 0 Å². The van der Waals surface area contributed by atoms with Crippen LogP contribution in [-0.4, -0.2) is 6.29 Å². The maximum atomic E-state index is 11.0. The molecule has 86 valence electrons. The van der Waals surface area contributed by atoms with Crippen LogP contribution in [0.5, 0.6) is 0 Å². The van der Waals surface area contributed by atoms with Crippen LogP contribution in [0, 0.1) is 5.41 Å². The molecule has 0 N–H and O–H groups in total. The molecule has 0 saturated carbocycles. The number of benzene rings is 1. The van der Waals surface area contributed by atoms with E-state index in [4.69, 9.17) is 11.6 Å². The largest absolute Gasteiger partial charge is 0.298 e. The van der Waals surface area contributed by atoms with Crippen LogP contribution in [0.4, 0.5) is 0 Å². The molecule has 1 aromatic carbocycles. The third-order valence-electron chi connectivity index (χ3n) is 2.11. The Hall–Kier alpha value is -1.08. The Morgan fingerprint density at radius 1 is 1.25 bits per heavy atom. The van der Waals surface area contributed by atoms with Gasteiger partial charge in [0.15, 0.2) is 0 Å². The highest BCUT2D eigenvalue weighted by Crippen LogP contribution is 2.24. The molecule has 0 aliphatic rings. The van der Waals surface area contributed by atoms with Gasteiger partial charge in [-0.15, -0.1) is 0 Å². The van der Waals surface area contributed by atoms with E-state index in [1.807, 2.05) is 30.3 Å². The van der Waals surface area contributed by atoms with Gasteiger partial charge in [0.25, 0.3) is 0 Å². The minimum Gasteiger partial charge on any atom is -0.298 e. The normalized spacial score (nSPS) is 12.6. The SMILES string of the molecule is CC(C)(C)C/C(C=O)=C\c1ccc(Cl)cc1. The highest BCUT2D eigenvalue weighted by Gasteiger charge is 2.12. The lowest BCUT2D eigenvalue weighted by Gasteiger charge is -2.17. The predicted molar refractivity (Wildman–Crippen MR) is 69.6 cm³/mol. The number of hydrogen-bond acceptors (Lipinski definition) is 1. The summed E-state index contributed by atoms with van der Waals surface area (Å²) in [6, 6.07) is 7.47. The van der Waals surface area contributed by atoms with Crippen molar-refractivity contribution in [1.82, 2.24) is 0 Å². The second-order valence-corrected chi connectivity index (χ2v) is 5.56. The van der Waals surface area contributed by atoms with Crippen LogP contribution < -0.4 is 0 Å². The molecular weight excluding hydrogens is 220 g/mol. The molecule has 2 heteroatoms. The number of carbonyl (C=O) groups excluding carboxylic acids is 1. The van der Waals surface area contributed by atoms with Gasteiger partial charge in [-0.3, -0.25) is 4.79 Å². The standard InChI is InChI=1S/C14H17ClO/c1-14(2,3)9-12(10-16)8-11-4-6-13(15)7-5-11/h4-8,10H,9H2,1-3H3/b12-8+. The van der Waals surface area contributed by atoms with E-state index in [-0.39, 0.29) is 5.41 Å². The molecule has 0 spiro atoms. The van der Waals surface area contributed by atoms with Gasteiger partial charge in [-0.2, -0.15) is 0 Å². The van der Waals surface area contributed by atoms with Gasteiger partial charge in [-0.05, 0) is 41.2 Å². The molecule has 1 rings (SSSR count). The summed E-state index contributed by atoms with van der Waals surface area (Å²) >= 11 is 5.80. The van der Waals surface area contributed by atoms with E-state index >= 15 is 0 Å². The molecule has 0 radical (unpaired) electrons. The van der Waals surface area contributed by atoms with Crippen LogP contribution in [0.2, 0.25) is 5.02 Å². The summed E-state index contributed by atoms with van der Waals surface area (Å²) in [5.41, 5.74) is 1.95. The molecule has 0 bridgehead atoms. The predicted octanol–water partition coefficient (Wildman–Crippen LogP) is 4.36. The number of allylic oxidation sites excluding steroid dienone is 1. The van der Waals surface area contributed by atoms with E-state index in [2.05, 4.69) is 20.8 Å². The highest BCUT2D eigenvalue weighted by molar-refractivity contribution is 6.30. The minimum absolute atomic E-state index is 0.124. The molecule has 0 atom stereocenters. The van der Waals surface area contributed by atoms with Crippen molar-refractivity contribution in [3.63, 3.8) is 0 Å². The van der Waals surface area contributed by atoms with Gasteiger partial charge in [0.2, 0.25) is 0 Å². The number of aldehydes is 1. The Morgan fingerprint density at radius 2 is 1.81 bits per heavy atom. The lowest BCUT2D eigenvalue weighted by Crippen LogP contribution is -2.06. The summed E-state index contributed by atoms with van der Waals surface area (Å²) in [5, 5.41) is 0.709. The zero-order valence-electron chi connectivity index (χ0n) is 9.96. The average molecular weight is 237 g/mol. The monoisotopic (exact) mass is 236 g/mol. The first-order chi connectivity index (χ1) is 7.40. The summed E-state index contributed by atoms with van der Waals surface area (Å²) in [5.74, 6) is 0. The third kappa shape index (κ3) is 4.63. The van der Waals surface area contributed by atoms with Gasteiger partial charge in [0.05, 0.1) is 0 Å². The van der Waals surface area contributed by atoms with Crippen molar-refractivity contribution in [3.8, 4) is 0 Å². The van der Waals surface area contributed by atoms with Crippen LogP contribution in [0.3, 0.4) is 0 Å². The van der Waals surface area contributed by atoms with Crippen LogP contribution in [0.1, 0.15) is 32.8 Å². The van der Waals surface area contributed by atoms with E-state index in [0.717, 1.165) is 23.8 Å². The van der Waals surface area contributed by atoms with E-state index in [1.54, 1.807) is 0 Å².